The molecule has 0 unspecified atom stereocenters. The highest BCUT2D eigenvalue weighted by atomic mass is 35.5. The van der Waals surface area contributed by atoms with Crippen LogP contribution in [0.25, 0.3) is 0 Å². The molecule has 1 aromatic carbocycles. The number of hydrogen-bond donors (Lipinski definition) is 0. The Morgan fingerprint density at radius 1 is 1.21 bits per heavy atom. The third kappa shape index (κ3) is 2.91. The van der Waals surface area contributed by atoms with Crippen LogP contribution in [0.15, 0.2) is 41.0 Å². The summed E-state index contributed by atoms with van der Waals surface area (Å²) in [7, 11) is 1.27. The number of methoxy groups -OCH3 is 1. The molecule has 0 saturated heterocycles. The van der Waals surface area contributed by atoms with Crippen LogP contribution in [0.1, 0.15) is 40.9 Å². The lowest BCUT2D eigenvalue weighted by Crippen LogP contribution is -2.43. The molecule has 0 amide bonds. The summed E-state index contributed by atoms with van der Waals surface area (Å²) in [4.78, 5) is 24.3. The zero-order valence-corrected chi connectivity index (χ0v) is 14.0. The normalized spacial score (nSPS) is 15.4. The molecule has 2 aromatic rings. The van der Waals surface area contributed by atoms with Crippen molar-refractivity contribution in [3.8, 4) is 0 Å². The summed E-state index contributed by atoms with van der Waals surface area (Å²) in [5, 5.41) is 0.628. The van der Waals surface area contributed by atoms with Crippen molar-refractivity contribution in [2.75, 3.05) is 7.11 Å². The van der Waals surface area contributed by atoms with Gasteiger partial charge in [-0.15, -0.1) is 0 Å². The van der Waals surface area contributed by atoms with Gasteiger partial charge in [-0.25, -0.2) is 4.79 Å². The second-order valence-electron chi connectivity index (χ2n) is 5.79. The standard InChI is InChI=1S/C18H17ClO5/c1-22-16(20)15-12(7-10-23-15)11-24-17(21)18(8-2-9-18)13-3-5-14(19)6-4-13/h3-7,10H,2,8-9,11H2,1H3. The first kappa shape index (κ1) is 16.6. The van der Waals surface area contributed by atoms with E-state index in [0.717, 1.165) is 24.8 Å². The maximum atomic E-state index is 12.7. The van der Waals surface area contributed by atoms with Crippen molar-refractivity contribution in [2.45, 2.75) is 31.3 Å². The molecule has 0 aliphatic heterocycles. The lowest BCUT2D eigenvalue weighted by atomic mass is 9.64. The molecular weight excluding hydrogens is 332 g/mol. The highest BCUT2D eigenvalue weighted by Crippen LogP contribution is 2.45. The number of benzene rings is 1. The van der Waals surface area contributed by atoms with Gasteiger partial charge in [0, 0.05) is 10.6 Å². The zero-order chi connectivity index (χ0) is 17.2. The maximum Gasteiger partial charge on any atom is 0.374 e. The van der Waals surface area contributed by atoms with E-state index in [0.29, 0.717) is 10.6 Å². The fourth-order valence-corrected chi connectivity index (χ4v) is 3.04. The van der Waals surface area contributed by atoms with E-state index >= 15 is 0 Å². The first-order valence-electron chi connectivity index (χ1n) is 7.65. The summed E-state index contributed by atoms with van der Waals surface area (Å²) in [6.45, 7) is -0.0326. The number of furan rings is 1. The molecule has 0 atom stereocenters. The number of ether oxygens (including phenoxy) is 2. The van der Waals surface area contributed by atoms with E-state index in [1.165, 1.54) is 13.4 Å². The summed E-state index contributed by atoms with van der Waals surface area (Å²) in [5.41, 5.74) is 0.768. The largest absolute Gasteiger partial charge is 0.463 e. The van der Waals surface area contributed by atoms with Gasteiger partial charge in [0.25, 0.3) is 0 Å². The molecule has 126 valence electrons. The molecule has 0 bridgehead atoms. The summed E-state index contributed by atoms with van der Waals surface area (Å²) in [6, 6.07) is 8.86. The fraction of sp³-hybridized carbons (Fsp3) is 0.333. The van der Waals surface area contributed by atoms with Crippen LogP contribution < -0.4 is 0 Å². The molecule has 1 fully saturated rings. The van der Waals surface area contributed by atoms with Crippen LogP contribution in [0.3, 0.4) is 0 Å². The predicted octanol–water partition coefficient (Wildman–Crippen LogP) is 3.88. The predicted molar refractivity (Wildman–Crippen MR) is 86.8 cm³/mol. The number of halogens is 1. The van der Waals surface area contributed by atoms with E-state index < -0.39 is 11.4 Å². The van der Waals surface area contributed by atoms with Gasteiger partial charge in [0.05, 0.1) is 18.8 Å². The lowest BCUT2D eigenvalue weighted by molar-refractivity contribution is -0.155. The van der Waals surface area contributed by atoms with Crippen molar-refractivity contribution in [1.29, 1.82) is 0 Å². The highest BCUT2D eigenvalue weighted by Gasteiger charge is 2.47. The third-order valence-electron chi connectivity index (χ3n) is 4.47. The molecular formula is C18H17ClO5. The number of rotatable bonds is 5. The Morgan fingerprint density at radius 3 is 2.50 bits per heavy atom. The quantitative estimate of drug-likeness (QED) is 0.767. The Hall–Kier alpha value is -2.27. The third-order valence-corrected chi connectivity index (χ3v) is 4.72. The lowest BCUT2D eigenvalue weighted by Gasteiger charge is -2.39. The molecule has 0 radical (unpaired) electrons. The molecule has 24 heavy (non-hydrogen) atoms. The van der Waals surface area contributed by atoms with Crippen molar-refractivity contribution in [3.63, 3.8) is 0 Å². The Labute approximate surface area is 144 Å². The fourth-order valence-electron chi connectivity index (χ4n) is 2.91. The van der Waals surface area contributed by atoms with Crippen LogP contribution in [-0.4, -0.2) is 19.0 Å². The number of hydrogen-bond acceptors (Lipinski definition) is 5. The summed E-state index contributed by atoms with van der Waals surface area (Å²) in [5.74, 6) is -0.838. The average molecular weight is 349 g/mol. The van der Waals surface area contributed by atoms with Gasteiger partial charge in [-0.1, -0.05) is 30.2 Å². The maximum absolute atomic E-state index is 12.7. The molecule has 6 heteroatoms. The van der Waals surface area contributed by atoms with Crippen LogP contribution in [0.4, 0.5) is 0 Å². The topological polar surface area (TPSA) is 65.7 Å². The van der Waals surface area contributed by atoms with Crippen molar-refractivity contribution in [3.05, 3.63) is 58.5 Å². The average Bonchev–Trinajstić information content (AvgIpc) is 3.01. The van der Waals surface area contributed by atoms with Crippen LogP contribution in [0.2, 0.25) is 5.02 Å². The van der Waals surface area contributed by atoms with Gasteiger partial charge in [-0.05, 0) is 36.6 Å². The Bertz CT molecular complexity index is 743. The van der Waals surface area contributed by atoms with E-state index in [1.807, 2.05) is 12.1 Å². The van der Waals surface area contributed by atoms with Gasteiger partial charge < -0.3 is 13.9 Å². The van der Waals surface area contributed by atoms with Crippen molar-refractivity contribution >= 4 is 23.5 Å². The van der Waals surface area contributed by atoms with Gasteiger partial charge >= 0.3 is 11.9 Å². The van der Waals surface area contributed by atoms with Crippen molar-refractivity contribution in [1.82, 2.24) is 0 Å². The highest BCUT2D eigenvalue weighted by molar-refractivity contribution is 6.30. The van der Waals surface area contributed by atoms with Gasteiger partial charge in [-0.3, -0.25) is 4.79 Å². The molecule has 3 rings (SSSR count). The molecule has 0 N–H and O–H groups in total. The van der Waals surface area contributed by atoms with E-state index in [4.69, 9.17) is 20.8 Å². The van der Waals surface area contributed by atoms with Gasteiger partial charge in [0.15, 0.2) is 0 Å². The minimum atomic E-state index is -0.625. The Kier molecular flexibility index (Phi) is 4.62. The molecule has 1 heterocycles. The summed E-state index contributed by atoms with van der Waals surface area (Å²) < 4.78 is 15.2. The number of carbonyl (C=O) groups is 2. The molecule has 0 spiro atoms. The van der Waals surface area contributed by atoms with Crippen molar-refractivity contribution in [2.24, 2.45) is 0 Å². The van der Waals surface area contributed by atoms with Crippen LogP contribution >= 0.6 is 11.6 Å². The van der Waals surface area contributed by atoms with E-state index in [2.05, 4.69) is 4.74 Å². The van der Waals surface area contributed by atoms with E-state index in [1.54, 1.807) is 18.2 Å². The molecule has 1 aliphatic rings. The van der Waals surface area contributed by atoms with E-state index in [9.17, 15) is 9.59 Å². The SMILES string of the molecule is COC(=O)c1occc1COC(=O)C1(c2ccc(Cl)cc2)CCC1. The molecule has 1 aliphatic carbocycles. The summed E-state index contributed by atoms with van der Waals surface area (Å²) in [6.07, 6.45) is 3.82. The first-order chi connectivity index (χ1) is 11.6. The Morgan fingerprint density at radius 2 is 1.92 bits per heavy atom. The molecule has 1 aromatic heterocycles. The number of esters is 2. The Balaban J connectivity index is 1.73. The first-order valence-corrected chi connectivity index (χ1v) is 8.02. The number of carbonyl (C=O) groups excluding carboxylic acids is 2. The minimum absolute atomic E-state index is 0.0326. The smallest absolute Gasteiger partial charge is 0.374 e. The van der Waals surface area contributed by atoms with Crippen LogP contribution in [-0.2, 0) is 26.3 Å². The van der Waals surface area contributed by atoms with Gasteiger partial charge in [-0.2, -0.15) is 0 Å². The van der Waals surface area contributed by atoms with Crippen LogP contribution in [0.5, 0.6) is 0 Å². The zero-order valence-electron chi connectivity index (χ0n) is 13.2. The second kappa shape index (κ2) is 6.69. The molecule has 1 saturated carbocycles. The summed E-state index contributed by atoms with van der Waals surface area (Å²) >= 11 is 5.92. The molecule has 5 nitrogen and oxygen atoms in total. The van der Waals surface area contributed by atoms with Crippen LogP contribution in [0, 0.1) is 0 Å². The van der Waals surface area contributed by atoms with Gasteiger partial charge in [0.2, 0.25) is 5.76 Å². The second-order valence-corrected chi connectivity index (χ2v) is 6.22. The minimum Gasteiger partial charge on any atom is -0.463 e. The van der Waals surface area contributed by atoms with Gasteiger partial charge in [0.1, 0.15) is 6.61 Å². The van der Waals surface area contributed by atoms with Crippen molar-refractivity contribution < 1.29 is 23.5 Å². The monoisotopic (exact) mass is 348 g/mol. The van der Waals surface area contributed by atoms with E-state index in [-0.39, 0.29) is 18.3 Å².